The third kappa shape index (κ3) is 4.01. The van der Waals surface area contributed by atoms with Crippen molar-refractivity contribution in [2.24, 2.45) is 0 Å². The topological polar surface area (TPSA) is 15.3 Å². The molecular formula is C18H23BrN2. The first-order valence-electron chi connectivity index (χ1n) is 7.31. The van der Waals surface area contributed by atoms with Crippen LogP contribution in [0.4, 0.5) is 11.4 Å². The first kappa shape index (κ1) is 15.9. The number of halogens is 1. The molecule has 0 aliphatic heterocycles. The van der Waals surface area contributed by atoms with Gasteiger partial charge in [0.15, 0.2) is 0 Å². The van der Waals surface area contributed by atoms with E-state index in [0.717, 1.165) is 10.9 Å². The second kappa shape index (κ2) is 6.99. The molecule has 21 heavy (non-hydrogen) atoms. The van der Waals surface area contributed by atoms with E-state index in [1.807, 2.05) is 0 Å². The van der Waals surface area contributed by atoms with Crippen LogP contribution in [0.15, 0.2) is 46.9 Å². The van der Waals surface area contributed by atoms with Crippen LogP contribution < -0.4 is 10.2 Å². The average Bonchev–Trinajstić information content (AvgIpc) is 2.47. The zero-order chi connectivity index (χ0) is 15.4. The largest absolute Gasteiger partial charge is 0.378 e. The van der Waals surface area contributed by atoms with Crippen molar-refractivity contribution in [3.05, 3.63) is 58.1 Å². The molecule has 0 aliphatic rings. The van der Waals surface area contributed by atoms with Gasteiger partial charge in [-0.1, -0.05) is 35.0 Å². The van der Waals surface area contributed by atoms with Crippen LogP contribution in [-0.2, 0) is 0 Å². The number of anilines is 2. The Morgan fingerprint density at radius 2 is 1.76 bits per heavy atom. The lowest BCUT2D eigenvalue weighted by atomic mass is 10.0. The highest BCUT2D eigenvalue weighted by Crippen LogP contribution is 2.28. The summed E-state index contributed by atoms with van der Waals surface area (Å²) in [5, 5.41) is 3.67. The highest BCUT2D eigenvalue weighted by molar-refractivity contribution is 9.10. The van der Waals surface area contributed by atoms with Crippen LogP contribution in [0, 0.1) is 6.92 Å². The summed E-state index contributed by atoms with van der Waals surface area (Å²) in [4.78, 5) is 2.13. The number of aryl methyl sites for hydroxylation is 1. The van der Waals surface area contributed by atoms with E-state index in [4.69, 9.17) is 0 Å². The molecule has 112 valence electrons. The molecule has 0 aliphatic carbocycles. The van der Waals surface area contributed by atoms with Crippen LogP contribution in [0.5, 0.6) is 0 Å². The number of benzene rings is 2. The Bertz CT molecular complexity index is 591. The Balaban J connectivity index is 2.20. The summed E-state index contributed by atoms with van der Waals surface area (Å²) in [7, 11) is 4.14. The monoisotopic (exact) mass is 346 g/mol. The van der Waals surface area contributed by atoms with Gasteiger partial charge in [0, 0.05) is 29.9 Å². The highest BCUT2D eigenvalue weighted by atomic mass is 79.9. The molecule has 0 fully saturated rings. The van der Waals surface area contributed by atoms with E-state index in [1.54, 1.807) is 0 Å². The fourth-order valence-electron chi connectivity index (χ4n) is 2.39. The normalized spacial score (nSPS) is 12.0. The minimum atomic E-state index is 0.335. The molecule has 1 atom stereocenters. The third-order valence-corrected chi connectivity index (χ3v) is 4.27. The zero-order valence-electron chi connectivity index (χ0n) is 13.2. The lowest BCUT2D eigenvalue weighted by molar-refractivity contribution is 0.748. The van der Waals surface area contributed by atoms with Crippen LogP contribution in [0.2, 0.25) is 0 Å². The minimum Gasteiger partial charge on any atom is -0.378 e. The fourth-order valence-corrected chi connectivity index (χ4v) is 2.66. The molecule has 0 saturated carbocycles. The Labute approximate surface area is 136 Å². The van der Waals surface area contributed by atoms with Gasteiger partial charge < -0.3 is 10.2 Å². The minimum absolute atomic E-state index is 0.335. The Morgan fingerprint density at radius 1 is 1.10 bits per heavy atom. The molecule has 0 radical (unpaired) electrons. The molecule has 2 aromatic carbocycles. The molecule has 0 amide bonds. The highest BCUT2D eigenvalue weighted by Gasteiger charge is 2.10. The van der Waals surface area contributed by atoms with Crippen LogP contribution in [0.3, 0.4) is 0 Å². The summed E-state index contributed by atoms with van der Waals surface area (Å²) in [6.45, 7) is 4.37. The van der Waals surface area contributed by atoms with Crippen molar-refractivity contribution in [2.75, 3.05) is 24.3 Å². The van der Waals surface area contributed by atoms with Gasteiger partial charge in [0.05, 0.1) is 6.04 Å². The Kier molecular flexibility index (Phi) is 5.29. The molecule has 0 heterocycles. The van der Waals surface area contributed by atoms with Gasteiger partial charge in [0.25, 0.3) is 0 Å². The number of hydrogen-bond donors (Lipinski definition) is 1. The van der Waals surface area contributed by atoms with E-state index in [0.29, 0.717) is 6.04 Å². The van der Waals surface area contributed by atoms with Crippen LogP contribution in [-0.4, -0.2) is 14.1 Å². The van der Waals surface area contributed by atoms with E-state index >= 15 is 0 Å². The Morgan fingerprint density at radius 3 is 2.29 bits per heavy atom. The van der Waals surface area contributed by atoms with Gasteiger partial charge in [0.1, 0.15) is 0 Å². The maximum atomic E-state index is 3.67. The number of rotatable bonds is 5. The summed E-state index contributed by atoms with van der Waals surface area (Å²) in [6, 6.07) is 15.4. The molecule has 0 spiro atoms. The summed E-state index contributed by atoms with van der Waals surface area (Å²) < 4.78 is 1.12. The maximum Gasteiger partial charge on any atom is 0.0511 e. The van der Waals surface area contributed by atoms with E-state index in [1.165, 1.54) is 22.5 Å². The number of nitrogens with one attached hydrogen (secondary N) is 1. The maximum absolute atomic E-state index is 3.67. The average molecular weight is 347 g/mol. The SMILES string of the molecule is CCC(Nc1ccc(N(C)C)cc1C)c1ccc(Br)cc1. The van der Waals surface area contributed by atoms with Crippen molar-refractivity contribution >= 4 is 27.3 Å². The Hall–Kier alpha value is -1.48. The van der Waals surface area contributed by atoms with Crippen molar-refractivity contribution in [3.8, 4) is 0 Å². The summed E-state index contributed by atoms with van der Waals surface area (Å²) in [5.74, 6) is 0. The van der Waals surface area contributed by atoms with Gasteiger partial charge in [-0.3, -0.25) is 0 Å². The second-order valence-corrected chi connectivity index (χ2v) is 6.47. The van der Waals surface area contributed by atoms with Crippen LogP contribution >= 0.6 is 15.9 Å². The lowest BCUT2D eigenvalue weighted by Gasteiger charge is -2.22. The van der Waals surface area contributed by atoms with Gasteiger partial charge in [-0.15, -0.1) is 0 Å². The van der Waals surface area contributed by atoms with Crippen LogP contribution in [0.1, 0.15) is 30.5 Å². The molecule has 0 saturated heterocycles. The van der Waals surface area contributed by atoms with Crippen molar-refractivity contribution in [3.63, 3.8) is 0 Å². The zero-order valence-corrected chi connectivity index (χ0v) is 14.7. The summed E-state index contributed by atoms with van der Waals surface area (Å²) in [5.41, 5.74) is 5.03. The molecule has 2 nitrogen and oxygen atoms in total. The van der Waals surface area contributed by atoms with Crippen molar-refractivity contribution < 1.29 is 0 Å². The third-order valence-electron chi connectivity index (χ3n) is 3.74. The van der Waals surface area contributed by atoms with Crippen molar-refractivity contribution in [1.29, 1.82) is 0 Å². The lowest BCUT2D eigenvalue weighted by Crippen LogP contribution is -2.12. The second-order valence-electron chi connectivity index (χ2n) is 5.55. The van der Waals surface area contributed by atoms with E-state index in [2.05, 4.69) is 96.6 Å². The molecule has 2 rings (SSSR count). The number of nitrogens with zero attached hydrogens (tertiary/aromatic N) is 1. The standard InChI is InChI=1S/C18H23BrN2/c1-5-17(14-6-8-15(19)9-7-14)20-18-11-10-16(21(3)4)12-13(18)2/h6-12,17,20H,5H2,1-4H3. The van der Waals surface area contributed by atoms with E-state index in [9.17, 15) is 0 Å². The van der Waals surface area contributed by atoms with Crippen molar-refractivity contribution in [1.82, 2.24) is 0 Å². The van der Waals surface area contributed by atoms with Gasteiger partial charge in [-0.05, 0) is 54.8 Å². The smallest absolute Gasteiger partial charge is 0.0511 e. The van der Waals surface area contributed by atoms with Gasteiger partial charge in [0.2, 0.25) is 0 Å². The quantitative estimate of drug-likeness (QED) is 0.780. The molecule has 1 N–H and O–H groups in total. The molecule has 2 aromatic rings. The van der Waals surface area contributed by atoms with Gasteiger partial charge >= 0.3 is 0 Å². The predicted octanol–water partition coefficient (Wildman–Crippen LogP) is 5.39. The first-order valence-corrected chi connectivity index (χ1v) is 8.10. The fraction of sp³-hybridized carbons (Fsp3) is 0.333. The molecule has 0 bridgehead atoms. The molecule has 1 unspecified atom stereocenters. The number of hydrogen-bond acceptors (Lipinski definition) is 2. The summed E-state index contributed by atoms with van der Waals surface area (Å²) in [6.07, 6.45) is 1.05. The summed E-state index contributed by atoms with van der Waals surface area (Å²) >= 11 is 3.49. The molecule has 3 heteroatoms. The first-order chi connectivity index (χ1) is 10.0. The van der Waals surface area contributed by atoms with Crippen molar-refractivity contribution in [2.45, 2.75) is 26.3 Å². The van der Waals surface area contributed by atoms with E-state index in [-0.39, 0.29) is 0 Å². The molecular weight excluding hydrogens is 324 g/mol. The molecule has 0 aromatic heterocycles. The predicted molar refractivity (Wildman–Crippen MR) is 96.3 cm³/mol. The van der Waals surface area contributed by atoms with E-state index < -0.39 is 0 Å². The van der Waals surface area contributed by atoms with Gasteiger partial charge in [-0.2, -0.15) is 0 Å². The van der Waals surface area contributed by atoms with Gasteiger partial charge in [-0.25, -0.2) is 0 Å². The van der Waals surface area contributed by atoms with Crippen LogP contribution in [0.25, 0.3) is 0 Å².